The number of aliphatic imine (C=N–C) groups is 1. The molecular weight excluding hydrogens is 346 g/mol. The average Bonchev–Trinajstić information content (AvgIpc) is 3.17. The summed E-state index contributed by atoms with van der Waals surface area (Å²) in [6, 6.07) is 17.9. The number of ether oxygens (including phenoxy) is 1. The maximum atomic E-state index is 9.73. The van der Waals surface area contributed by atoms with Crippen molar-refractivity contribution in [3.8, 4) is 6.07 Å². The van der Waals surface area contributed by atoms with E-state index in [1.165, 1.54) is 16.7 Å². The Bertz CT molecular complexity index is 916. The Morgan fingerprint density at radius 1 is 1.04 bits per heavy atom. The predicted molar refractivity (Wildman–Crippen MR) is 112 cm³/mol. The molecule has 0 atom stereocenters. The molecule has 0 saturated carbocycles. The van der Waals surface area contributed by atoms with E-state index in [1.807, 2.05) is 14.1 Å². The third kappa shape index (κ3) is 3.68. The highest BCUT2D eigenvalue weighted by molar-refractivity contribution is 5.92. The Morgan fingerprint density at radius 2 is 1.71 bits per heavy atom. The van der Waals surface area contributed by atoms with E-state index in [2.05, 4.69) is 58.4 Å². The van der Waals surface area contributed by atoms with Crippen molar-refractivity contribution in [1.29, 1.82) is 5.26 Å². The molecule has 0 radical (unpaired) electrons. The maximum absolute atomic E-state index is 9.73. The van der Waals surface area contributed by atoms with E-state index < -0.39 is 0 Å². The molecule has 144 valence electrons. The van der Waals surface area contributed by atoms with Crippen molar-refractivity contribution in [3.05, 3.63) is 64.7 Å². The molecule has 4 rings (SSSR count). The van der Waals surface area contributed by atoms with Crippen molar-refractivity contribution in [2.75, 3.05) is 27.3 Å². The fourth-order valence-corrected chi connectivity index (χ4v) is 4.12. The second-order valence-electron chi connectivity index (χ2n) is 8.07. The quantitative estimate of drug-likeness (QED) is 0.807. The van der Waals surface area contributed by atoms with Gasteiger partial charge >= 0.3 is 0 Å². The molecule has 0 bridgehead atoms. The minimum atomic E-state index is -0.374. The molecule has 2 heterocycles. The van der Waals surface area contributed by atoms with Gasteiger partial charge in [0.15, 0.2) is 0 Å². The predicted octanol–water partition coefficient (Wildman–Crippen LogP) is 4.19. The number of amidine groups is 1. The normalized spacial score (nSPS) is 17.5. The van der Waals surface area contributed by atoms with Gasteiger partial charge in [-0.2, -0.15) is 5.26 Å². The highest BCUT2D eigenvalue weighted by atomic mass is 16.5. The summed E-state index contributed by atoms with van der Waals surface area (Å²) in [7, 11) is 4.10. The highest BCUT2D eigenvalue weighted by Gasteiger charge is 2.34. The number of hydrogen-bond acceptors (Lipinski definition) is 4. The lowest BCUT2D eigenvalue weighted by Gasteiger charge is -2.31. The number of hydrogen-bond donors (Lipinski definition) is 0. The molecule has 2 aliphatic rings. The lowest BCUT2D eigenvalue weighted by Crippen LogP contribution is -2.32. The summed E-state index contributed by atoms with van der Waals surface area (Å²) in [5.41, 5.74) is 5.86. The Labute approximate surface area is 167 Å². The van der Waals surface area contributed by atoms with E-state index in [0.29, 0.717) is 13.2 Å². The molecule has 0 N–H and O–H groups in total. The van der Waals surface area contributed by atoms with Gasteiger partial charge in [-0.05, 0) is 54.0 Å². The number of aryl methyl sites for hydroxylation is 2. The van der Waals surface area contributed by atoms with E-state index in [1.54, 1.807) is 0 Å². The third-order valence-corrected chi connectivity index (χ3v) is 6.03. The van der Waals surface area contributed by atoms with Crippen LogP contribution in [-0.2, 0) is 29.4 Å². The zero-order valence-corrected chi connectivity index (χ0v) is 16.7. The van der Waals surface area contributed by atoms with Gasteiger partial charge in [0.2, 0.25) is 0 Å². The van der Waals surface area contributed by atoms with Gasteiger partial charge < -0.3 is 9.64 Å². The van der Waals surface area contributed by atoms with Crippen molar-refractivity contribution in [3.63, 3.8) is 0 Å². The summed E-state index contributed by atoms with van der Waals surface area (Å²) >= 11 is 0. The minimum absolute atomic E-state index is 0.374. The van der Waals surface area contributed by atoms with E-state index >= 15 is 0 Å². The topological polar surface area (TPSA) is 48.6 Å². The molecule has 0 amide bonds. The van der Waals surface area contributed by atoms with Crippen LogP contribution < -0.4 is 0 Å². The van der Waals surface area contributed by atoms with Crippen LogP contribution in [0.1, 0.15) is 35.1 Å². The van der Waals surface area contributed by atoms with Crippen LogP contribution in [0.2, 0.25) is 0 Å². The van der Waals surface area contributed by atoms with Crippen molar-refractivity contribution in [1.82, 2.24) is 4.90 Å². The molecule has 1 saturated heterocycles. The average molecular weight is 374 g/mol. The van der Waals surface area contributed by atoms with Crippen LogP contribution in [0.5, 0.6) is 0 Å². The molecule has 2 aromatic rings. The lowest BCUT2D eigenvalue weighted by molar-refractivity contribution is 0.0675. The van der Waals surface area contributed by atoms with Gasteiger partial charge in [0.1, 0.15) is 5.84 Å². The van der Waals surface area contributed by atoms with E-state index in [9.17, 15) is 5.26 Å². The molecule has 1 fully saturated rings. The second kappa shape index (κ2) is 7.77. The van der Waals surface area contributed by atoms with Gasteiger partial charge in [0.25, 0.3) is 0 Å². The van der Waals surface area contributed by atoms with Crippen LogP contribution in [0.4, 0.5) is 5.69 Å². The van der Waals surface area contributed by atoms with Crippen molar-refractivity contribution in [2.45, 2.75) is 37.5 Å². The van der Waals surface area contributed by atoms with Crippen LogP contribution >= 0.6 is 0 Å². The Hall–Kier alpha value is -2.64. The molecule has 0 aromatic heterocycles. The summed E-state index contributed by atoms with van der Waals surface area (Å²) in [5, 5.41) is 9.73. The Balaban J connectivity index is 1.40. The summed E-state index contributed by atoms with van der Waals surface area (Å²) in [4.78, 5) is 6.78. The molecule has 4 nitrogen and oxygen atoms in total. The van der Waals surface area contributed by atoms with Gasteiger partial charge in [-0.15, -0.1) is 0 Å². The zero-order chi connectivity index (χ0) is 19.6. The Kier molecular flexibility index (Phi) is 5.19. The standard InChI is InChI=1S/C24H27N3O/c1-27(2)23-16-20-15-19(7-10-22(20)26-23)4-3-18-5-8-21(9-6-18)24(17-25)11-13-28-14-12-24/h5-10,15H,3-4,11-14,16H2,1-2H3. The van der Waals surface area contributed by atoms with E-state index in [0.717, 1.165) is 49.2 Å². The number of nitrogens with zero attached hydrogens (tertiary/aromatic N) is 3. The summed E-state index contributed by atoms with van der Waals surface area (Å²) in [5.74, 6) is 1.13. The number of fused-ring (bicyclic) bond motifs is 1. The van der Waals surface area contributed by atoms with Crippen LogP contribution in [0.25, 0.3) is 0 Å². The first kappa shape index (κ1) is 18.7. The maximum Gasteiger partial charge on any atom is 0.109 e. The molecule has 0 spiro atoms. The lowest BCUT2D eigenvalue weighted by atomic mass is 9.75. The Morgan fingerprint density at radius 3 is 2.39 bits per heavy atom. The van der Waals surface area contributed by atoms with E-state index in [4.69, 9.17) is 4.74 Å². The van der Waals surface area contributed by atoms with Crippen molar-refractivity contribution < 1.29 is 4.74 Å². The molecule has 2 aliphatic heterocycles. The van der Waals surface area contributed by atoms with E-state index in [-0.39, 0.29) is 5.41 Å². The van der Waals surface area contributed by atoms with Crippen LogP contribution in [0, 0.1) is 11.3 Å². The van der Waals surface area contributed by atoms with Crippen LogP contribution in [0.3, 0.4) is 0 Å². The largest absolute Gasteiger partial charge is 0.381 e. The molecule has 2 aromatic carbocycles. The fraction of sp³-hybridized carbons (Fsp3) is 0.417. The van der Waals surface area contributed by atoms with Crippen LogP contribution in [-0.4, -0.2) is 38.0 Å². The van der Waals surface area contributed by atoms with Crippen molar-refractivity contribution in [2.24, 2.45) is 4.99 Å². The van der Waals surface area contributed by atoms with Gasteiger partial charge in [-0.25, -0.2) is 4.99 Å². The minimum Gasteiger partial charge on any atom is -0.381 e. The number of benzene rings is 2. The SMILES string of the molecule is CN(C)C1=Nc2ccc(CCc3ccc(C4(C#N)CCOCC4)cc3)cc2C1. The number of rotatable bonds is 4. The van der Waals surface area contributed by atoms with Gasteiger partial charge in [0, 0.05) is 33.7 Å². The number of likely N-dealkylation sites (N-methyl/N-ethyl adjacent to an activating group) is 1. The molecule has 28 heavy (non-hydrogen) atoms. The summed E-state index contributed by atoms with van der Waals surface area (Å²) < 4.78 is 5.45. The monoisotopic (exact) mass is 373 g/mol. The molecule has 4 heteroatoms. The summed E-state index contributed by atoms with van der Waals surface area (Å²) in [6.45, 7) is 1.35. The highest BCUT2D eigenvalue weighted by Crippen LogP contribution is 2.34. The van der Waals surface area contributed by atoms with Gasteiger partial charge in [0.05, 0.1) is 17.2 Å². The van der Waals surface area contributed by atoms with Gasteiger partial charge in [-0.1, -0.05) is 36.4 Å². The second-order valence-corrected chi connectivity index (χ2v) is 8.07. The molecule has 0 aliphatic carbocycles. The fourth-order valence-electron chi connectivity index (χ4n) is 4.12. The molecular formula is C24H27N3O. The smallest absolute Gasteiger partial charge is 0.109 e. The first-order chi connectivity index (χ1) is 13.6. The molecule has 0 unspecified atom stereocenters. The summed E-state index contributed by atoms with van der Waals surface area (Å²) in [6.07, 6.45) is 4.51. The van der Waals surface area contributed by atoms with Crippen LogP contribution in [0.15, 0.2) is 47.5 Å². The first-order valence-corrected chi connectivity index (χ1v) is 10.0. The van der Waals surface area contributed by atoms with Crippen molar-refractivity contribution >= 4 is 11.5 Å². The van der Waals surface area contributed by atoms with Gasteiger partial charge in [-0.3, -0.25) is 0 Å². The third-order valence-electron chi connectivity index (χ3n) is 6.03. The zero-order valence-electron chi connectivity index (χ0n) is 16.7. The first-order valence-electron chi connectivity index (χ1n) is 10.0. The number of nitriles is 1.